The SMILES string of the molecule is O=C(Nc1ccc(Br)cc1C(=O)O)c1ccc(Br)c(SNc2cccc(OCCO)c2)c1. The molecule has 0 fully saturated rings. The molecular formula is C22H18Br2N2O5S. The number of carboxylic acid groups (broad SMARTS) is 1. The molecule has 3 rings (SSSR count). The van der Waals surface area contributed by atoms with Crippen molar-refractivity contribution in [2.24, 2.45) is 0 Å². The first kappa shape index (κ1) is 24.1. The van der Waals surface area contributed by atoms with Crippen molar-refractivity contribution in [1.82, 2.24) is 0 Å². The van der Waals surface area contributed by atoms with Gasteiger partial charge in [0.05, 0.1) is 17.9 Å². The Balaban J connectivity index is 1.73. The van der Waals surface area contributed by atoms with E-state index in [0.717, 1.165) is 15.1 Å². The maximum atomic E-state index is 12.8. The van der Waals surface area contributed by atoms with E-state index in [1.807, 2.05) is 12.1 Å². The number of halogens is 2. The van der Waals surface area contributed by atoms with E-state index in [1.165, 1.54) is 24.1 Å². The standard InChI is InChI=1S/C22H18Br2N2O5S/c23-14-5-7-19(17(11-14)22(29)30)25-21(28)13-4-6-18(24)20(10-13)32-26-15-2-1-3-16(12-15)31-9-8-27/h1-7,10-12,26-27H,8-9H2,(H,25,28)(H,29,30). The number of anilines is 2. The van der Waals surface area contributed by atoms with Crippen LogP contribution >= 0.6 is 43.8 Å². The van der Waals surface area contributed by atoms with Crippen LogP contribution < -0.4 is 14.8 Å². The summed E-state index contributed by atoms with van der Waals surface area (Å²) in [6.07, 6.45) is 0. The van der Waals surface area contributed by atoms with Crippen molar-refractivity contribution in [2.75, 3.05) is 23.3 Å². The molecule has 0 heterocycles. The zero-order valence-electron chi connectivity index (χ0n) is 16.5. The summed E-state index contributed by atoms with van der Waals surface area (Å²) in [5.41, 5.74) is 1.36. The molecule has 0 aliphatic rings. The monoisotopic (exact) mass is 580 g/mol. The van der Waals surface area contributed by atoms with Gasteiger partial charge in [-0.05, 0) is 76.4 Å². The van der Waals surface area contributed by atoms with Gasteiger partial charge in [0.2, 0.25) is 0 Å². The fourth-order valence-corrected chi connectivity index (χ4v) is 4.20. The summed E-state index contributed by atoms with van der Waals surface area (Å²) in [7, 11) is 0. The van der Waals surface area contributed by atoms with Crippen molar-refractivity contribution in [1.29, 1.82) is 0 Å². The van der Waals surface area contributed by atoms with Crippen LogP contribution in [0.25, 0.3) is 0 Å². The molecule has 7 nitrogen and oxygen atoms in total. The van der Waals surface area contributed by atoms with Gasteiger partial charge in [-0.2, -0.15) is 0 Å². The Hall–Kier alpha value is -2.53. The van der Waals surface area contributed by atoms with Crippen LogP contribution in [0.3, 0.4) is 0 Å². The minimum Gasteiger partial charge on any atom is -0.491 e. The smallest absolute Gasteiger partial charge is 0.337 e. The second-order valence-corrected chi connectivity index (χ2v) is 9.02. The lowest BCUT2D eigenvalue weighted by Gasteiger charge is -2.12. The molecule has 0 bridgehead atoms. The number of carboxylic acids is 1. The average molecular weight is 582 g/mol. The van der Waals surface area contributed by atoms with E-state index in [-0.39, 0.29) is 24.5 Å². The first-order valence-electron chi connectivity index (χ1n) is 9.27. The van der Waals surface area contributed by atoms with Gasteiger partial charge in [-0.1, -0.05) is 22.0 Å². The molecule has 0 spiro atoms. The van der Waals surface area contributed by atoms with Gasteiger partial charge in [0.25, 0.3) is 5.91 Å². The highest BCUT2D eigenvalue weighted by atomic mass is 79.9. The maximum Gasteiger partial charge on any atom is 0.337 e. The lowest BCUT2D eigenvalue weighted by Crippen LogP contribution is -2.15. The number of aliphatic hydroxyl groups excluding tert-OH is 1. The molecule has 0 atom stereocenters. The highest BCUT2D eigenvalue weighted by Crippen LogP contribution is 2.31. The van der Waals surface area contributed by atoms with Gasteiger partial charge in [0, 0.05) is 31.2 Å². The number of ether oxygens (including phenoxy) is 1. The Labute approximate surface area is 205 Å². The summed E-state index contributed by atoms with van der Waals surface area (Å²) in [5.74, 6) is -0.938. The van der Waals surface area contributed by atoms with E-state index in [1.54, 1.807) is 36.4 Å². The Kier molecular flexibility index (Phi) is 8.57. The van der Waals surface area contributed by atoms with E-state index in [9.17, 15) is 14.7 Å². The molecule has 0 radical (unpaired) electrons. The largest absolute Gasteiger partial charge is 0.491 e. The second kappa shape index (κ2) is 11.4. The van der Waals surface area contributed by atoms with E-state index < -0.39 is 11.9 Å². The Bertz CT molecular complexity index is 1140. The highest BCUT2D eigenvalue weighted by Gasteiger charge is 2.15. The van der Waals surface area contributed by atoms with Crippen LogP contribution in [0, 0.1) is 0 Å². The molecule has 166 valence electrons. The zero-order chi connectivity index (χ0) is 23.1. The third-order valence-corrected chi connectivity index (χ3v) is 6.47. The molecule has 0 saturated heterocycles. The number of hydrogen-bond donors (Lipinski definition) is 4. The van der Waals surface area contributed by atoms with Crippen LogP contribution in [0.15, 0.2) is 74.5 Å². The predicted molar refractivity (Wildman–Crippen MR) is 132 cm³/mol. The third kappa shape index (κ3) is 6.49. The van der Waals surface area contributed by atoms with E-state index in [0.29, 0.717) is 15.8 Å². The topological polar surface area (TPSA) is 108 Å². The summed E-state index contributed by atoms with van der Waals surface area (Å²) in [6, 6.07) is 17.0. The Morgan fingerprint density at radius 3 is 2.59 bits per heavy atom. The van der Waals surface area contributed by atoms with Gasteiger partial charge in [-0.3, -0.25) is 4.79 Å². The summed E-state index contributed by atoms with van der Waals surface area (Å²) in [5, 5.41) is 20.9. The van der Waals surface area contributed by atoms with Gasteiger partial charge in [0.15, 0.2) is 0 Å². The summed E-state index contributed by atoms with van der Waals surface area (Å²) in [4.78, 5) is 25.0. The number of nitrogens with one attached hydrogen (secondary N) is 2. The minimum absolute atomic E-state index is 0.00981. The van der Waals surface area contributed by atoms with Crippen molar-refractivity contribution in [3.63, 3.8) is 0 Å². The van der Waals surface area contributed by atoms with Gasteiger partial charge in [-0.15, -0.1) is 0 Å². The van der Waals surface area contributed by atoms with Crippen molar-refractivity contribution in [2.45, 2.75) is 4.90 Å². The van der Waals surface area contributed by atoms with Gasteiger partial charge in [-0.25, -0.2) is 4.79 Å². The molecule has 0 aliphatic carbocycles. The van der Waals surface area contributed by atoms with Crippen LogP contribution in [0.1, 0.15) is 20.7 Å². The summed E-state index contributed by atoms with van der Waals surface area (Å²) < 4.78 is 9.99. The van der Waals surface area contributed by atoms with Gasteiger partial charge >= 0.3 is 5.97 Å². The molecule has 0 saturated carbocycles. The van der Waals surface area contributed by atoms with Crippen LogP contribution in [0.4, 0.5) is 11.4 Å². The van der Waals surface area contributed by atoms with Gasteiger partial charge < -0.3 is 25.0 Å². The molecule has 3 aromatic carbocycles. The van der Waals surface area contributed by atoms with Crippen molar-refractivity contribution in [3.05, 3.63) is 80.7 Å². The van der Waals surface area contributed by atoms with Gasteiger partial charge in [0.1, 0.15) is 12.4 Å². The fourth-order valence-electron chi connectivity index (χ4n) is 2.65. The zero-order valence-corrected chi connectivity index (χ0v) is 20.5. The van der Waals surface area contributed by atoms with Crippen molar-refractivity contribution in [3.8, 4) is 5.75 Å². The number of benzene rings is 3. The number of carbonyl (C=O) groups is 2. The summed E-state index contributed by atoms with van der Waals surface area (Å²) >= 11 is 8.01. The quantitative estimate of drug-likeness (QED) is 0.242. The number of hydrogen-bond acceptors (Lipinski definition) is 6. The molecule has 0 aliphatic heterocycles. The Morgan fingerprint density at radius 1 is 1.03 bits per heavy atom. The van der Waals surface area contributed by atoms with E-state index in [4.69, 9.17) is 9.84 Å². The first-order chi connectivity index (χ1) is 15.4. The van der Waals surface area contributed by atoms with Crippen LogP contribution in [0.5, 0.6) is 5.75 Å². The summed E-state index contributed by atoms with van der Waals surface area (Å²) in [6.45, 7) is 0.143. The van der Waals surface area contributed by atoms with Crippen LogP contribution in [-0.4, -0.2) is 35.3 Å². The molecule has 0 unspecified atom stereocenters. The second-order valence-electron chi connectivity index (χ2n) is 6.40. The van der Waals surface area contributed by atoms with Crippen LogP contribution in [-0.2, 0) is 0 Å². The molecule has 4 N–H and O–H groups in total. The maximum absolute atomic E-state index is 12.8. The molecule has 32 heavy (non-hydrogen) atoms. The third-order valence-electron chi connectivity index (χ3n) is 4.13. The number of aliphatic hydroxyl groups is 1. The average Bonchev–Trinajstić information content (AvgIpc) is 2.78. The van der Waals surface area contributed by atoms with Crippen molar-refractivity contribution < 1.29 is 24.5 Å². The number of rotatable bonds is 9. The fraction of sp³-hybridized carbons (Fsp3) is 0.0909. The minimum atomic E-state index is -1.14. The molecule has 0 aromatic heterocycles. The number of aromatic carboxylic acids is 1. The molecular weight excluding hydrogens is 564 g/mol. The first-order valence-corrected chi connectivity index (χ1v) is 11.7. The molecule has 10 heteroatoms. The highest BCUT2D eigenvalue weighted by molar-refractivity contribution is 9.10. The lowest BCUT2D eigenvalue weighted by molar-refractivity contribution is 0.0698. The normalized spacial score (nSPS) is 10.5. The molecule has 3 aromatic rings. The van der Waals surface area contributed by atoms with Crippen LogP contribution in [0.2, 0.25) is 0 Å². The number of carbonyl (C=O) groups excluding carboxylic acids is 1. The van der Waals surface area contributed by atoms with E-state index >= 15 is 0 Å². The Morgan fingerprint density at radius 2 is 1.84 bits per heavy atom. The lowest BCUT2D eigenvalue weighted by atomic mass is 10.1. The van der Waals surface area contributed by atoms with E-state index in [2.05, 4.69) is 41.9 Å². The predicted octanol–water partition coefficient (Wildman–Crippen LogP) is 5.65. The molecule has 1 amide bonds. The number of amides is 1. The van der Waals surface area contributed by atoms with Crippen molar-refractivity contribution >= 4 is 67.1 Å².